The quantitative estimate of drug-likeness (QED) is 0.882. The number of hydrogen-bond donors (Lipinski definition) is 2. The SMILES string of the molecule is CN(C)C1C2(C)CCC(C2)CC1(O)c1cc(O)c(F)c(F)c1. The molecule has 0 amide bonds. The van der Waals surface area contributed by atoms with E-state index in [2.05, 4.69) is 6.92 Å². The summed E-state index contributed by atoms with van der Waals surface area (Å²) in [6.07, 6.45) is 3.60. The van der Waals surface area contributed by atoms with Gasteiger partial charge in [-0.3, -0.25) is 0 Å². The summed E-state index contributed by atoms with van der Waals surface area (Å²) in [4.78, 5) is 1.97. The normalized spacial score (nSPS) is 37.8. The van der Waals surface area contributed by atoms with Gasteiger partial charge in [0.1, 0.15) is 5.60 Å². The molecule has 2 bridgehead atoms. The van der Waals surface area contributed by atoms with E-state index in [1.54, 1.807) is 0 Å². The van der Waals surface area contributed by atoms with Crippen LogP contribution in [-0.2, 0) is 5.60 Å². The van der Waals surface area contributed by atoms with Crippen LogP contribution >= 0.6 is 0 Å². The van der Waals surface area contributed by atoms with Gasteiger partial charge < -0.3 is 15.1 Å². The Hall–Kier alpha value is -1.20. The number of hydrogen-bond acceptors (Lipinski definition) is 3. The molecule has 3 nitrogen and oxygen atoms in total. The number of fused-ring (bicyclic) bond motifs is 2. The second-order valence-electron chi connectivity index (χ2n) is 7.55. The highest BCUT2D eigenvalue weighted by atomic mass is 19.2. The lowest BCUT2D eigenvalue weighted by molar-refractivity contribution is -0.121. The molecule has 0 radical (unpaired) electrons. The van der Waals surface area contributed by atoms with E-state index in [1.165, 1.54) is 6.07 Å². The molecule has 22 heavy (non-hydrogen) atoms. The molecular formula is C17H23F2NO2. The second kappa shape index (κ2) is 4.90. The zero-order valence-corrected chi connectivity index (χ0v) is 13.2. The average molecular weight is 311 g/mol. The third-order valence-corrected chi connectivity index (χ3v) is 5.62. The lowest BCUT2D eigenvalue weighted by Gasteiger charge is -2.52. The molecule has 4 unspecified atom stereocenters. The number of benzene rings is 1. The summed E-state index contributed by atoms with van der Waals surface area (Å²) in [6, 6.07) is 1.99. The molecular weight excluding hydrogens is 288 g/mol. The van der Waals surface area contributed by atoms with Gasteiger partial charge in [0, 0.05) is 6.04 Å². The van der Waals surface area contributed by atoms with E-state index in [4.69, 9.17) is 0 Å². The van der Waals surface area contributed by atoms with Crippen LogP contribution < -0.4 is 0 Å². The molecule has 1 aromatic rings. The summed E-state index contributed by atoms with van der Waals surface area (Å²) < 4.78 is 27.1. The molecule has 5 heteroatoms. The van der Waals surface area contributed by atoms with Gasteiger partial charge in [0.2, 0.25) is 0 Å². The minimum absolute atomic E-state index is 0.0678. The van der Waals surface area contributed by atoms with Gasteiger partial charge in [-0.1, -0.05) is 6.92 Å². The van der Waals surface area contributed by atoms with Crippen LogP contribution in [0.4, 0.5) is 8.78 Å². The Balaban J connectivity index is 2.14. The zero-order valence-electron chi connectivity index (χ0n) is 13.2. The molecule has 3 rings (SSSR count). The fourth-order valence-corrected chi connectivity index (χ4v) is 5.10. The number of aliphatic hydroxyl groups is 1. The van der Waals surface area contributed by atoms with Gasteiger partial charge in [0.05, 0.1) is 0 Å². The highest BCUT2D eigenvalue weighted by molar-refractivity contribution is 5.36. The van der Waals surface area contributed by atoms with E-state index in [-0.39, 0.29) is 17.0 Å². The van der Waals surface area contributed by atoms with Crippen molar-refractivity contribution in [2.45, 2.75) is 44.2 Å². The van der Waals surface area contributed by atoms with Crippen LogP contribution in [0.3, 0.4) is 0 Å². The first-order valence-corrected chi connectivity index (χ1v) is 7.75. The molecule has 0 saturated heterocycles. The first-order valence-electron chi connectivity index (χ1n) is 7.75. The lowest BCUT2D eigenvalue weighted by Crippen LogP contribution is -2.58. The maximum atomic E-state index is 13.7. The summed E-state index contributed by atoms with van der Waals surface area (Å²) in [7, 11) is 3.80. The average Bonchev–Trinajstić information content (AvgIpc) is 2.71. The van der Waals surface area contributed by atoms with Gasteiger partial charge in [-0.05, 0) is 68.8 Å². The summed E-state index contributed by atoms with van der Waals surface area (Å²) in [5, 5.41) is 21.0. The lowest BCUT2D eigenvalue weighted by atomic mass is 9.62. The number of halogens is 2. The molecule has 4 atom stereocenters. The molecule has 2 aliphatic rings. The van der Waals surface area contributed by atoms with Crippen molar-refractivity contribution in [3.8, 4) is 5.75 Å². The second-order valence-corrected chi connectivity index (χ2v) is 7.55. The third kappa shape index (κ3) is 2.14. The van der Waals surface area contributed by atoms with Crippen molar-refractivity contribution in [1.29, 1.82) is 0 Å². The molecule has 2 fully saturated rings. The van der Waals surface area contributed by atoms with Gasteiger partial charge in [0.25, 0.3) is 0 Å². The van der Waals surface area contributed by atoms with Crippen LogP contribution in [-0.4, -0.2) is 35.3 Å². The maximum Gasteiger partial charge on any atom is 0.200 e. The van der Waals surface area contributed by atoms with Crippen molar-refractivity contribution < 1.29 is 19.0 Å². The van der Waals surface area contributed by atoms with E-state index in [1.807, 2.05) is 19.0 Å². The predicted octanol–water partition coefficient (Wildman–Crippen LogP) is 3.00. The van der Waals surface area contributed by atoms with E-state index in [0.29, 0.717) is 12.3 Å². The molecule has 0 aliphatic heterocycles. The minimum atomic E-state index is -1.29. The topological polar surface area (TPSA) is 43.7 Å². The Morgan fingerprint density at radius 3 is 2.50 bits per heavy atom. The van der Waals surface area contributed by atoms with Crippen LogP contribution in [0.1, 0.15) is 38.2 Å². The molecule has 0 heterocycles. The fourth-order valence-electron chi connectivity index (χ4n) is 5.10. The molecule has 1 aromatic carbocycles. The molecule has 2 aliphatic carbocycles. The highest BCUT2D eigenvalue weighted by Gasteiger charge is 2.58. The summed E-state index contributed by atoms with van der Waals surface area (Å²) in [5.74, 6) is -2.76. The summed E-state index contributed by atoms with van der Waals surface area (Å²) in [5.41, 5.74) is -1.09. The Bertz CT molecular complexity index is 583. The number of rotatable bonds is 2. The van der Waals surface area contributed by atoms with Gasteiger partial charge in [0.15, 0.2) is 17.4 Å². The van der Waals surface area contributed by atoms with Crippen molar-refractivity contribution in [1.82, 2.24) is 4.90 Å². The van der Waals surface area contributed by atoms with Gasteiger partial charge in [-0.2, -0.15) is 4.39 Å². The summed E-state index contributed by atoms with van der Waals surface area (Å²) >= 11 is 0. The zero-order chi connectivity index (χ0) is 16.3. The van der Waals surface area contributed by atoms with Crippen molar-refractivity contribution in [3.63, 3.8) is 0 Å². The van der Waals surface area contributed by atoms with Gasteiger partial charge >= 0.3 is 0 Å². The highest BCUT2D eigenvalue weighted by Crippen LogP contribution is 2.59. The molecule has 2 N–H and O–H groups in total. The van der Waals surface area contributed by atoms with E-state index in [9.17, 15) is 19.0 Å². The molecule has 2 saturated carbocycles. The van der Waals surface area contributed by atoms with Crippen molar-refractivity contribution >= 4 is 0 Å². The molecule has 0 spiro atoms. The number of aromatic hydroxyl groups is 1. The number of phenolic OH excluding ortho intramolecular Hbond substituents is 1. The first-order chi connectivity index (χ1) is 10.2. The van der Waals surface area contributed by atoms with E-state index in [0.717, 1.165) is 25.3 Å². The van der Waals surface area contributed by atoms with Crippen molar-refractivity contribution in [2.75, 3.05) is 14.1 Å². The number of likely N-dealkylation sites (N-methyl/N-ethyl adjacent to an activating group) is 1. The largest absolute Gasteiger partial charge is 0.505 e. The number of nitrogens with zero attached hydrogens (tertiary/aromatic N) is 1. The van der Waals surface area contributed by atoms with Crippen LogP contribution in [0.5, 0.6) is 5.75 Å². The third-order valence-electron chi connectivity index (χ3n) is 5.62. The van der Waals surface area contributed by atoms with Crippen molar-refractivity contribution in [3.05, 3.63) is 29.3 Å². The van der Waals surface area contributed by atoms with Crippen LogP contribution in [0, 0.1) is 23.0 Å². The Labute approximate surface area is 129 Å². The van der Waals surface area contributed by atoms with Crippen molar-refractivity contribution in [2.24, 2.45) is 11.3 Å². The standard InChI is InChI=1S/C17H23F2NO2/c1-16-5-4-10(8-16)9-17(22,15(16)20(2)3)11-6-12(18)14(19)13(21)7-11/h6-7,10,15,21-22H,4-5,8-9H2,1-3H3. The Morgan fingerprint density at radius 2 is 1.91 bits per heavy atom. The van der Waals surface area contributed by atoms with Gasteiger partial charge in [-0.25, -0.2) is 4.39 Å². The Morgan fingerprint density at radius 1 is 1.23 bits per heavy atom. The molecule has 122 valence electrons. The maximum absolute atomic E-state index is 13.7. The summed E-state index contributed by atoms with van der Waals surface area (Å²) in [6.45, 7) is 2.15. The van der Waals surface area contributed by atoms with E-state index >= 15 is 0 Å². The minimum Gasteiger partial charge on any atom is -0.505 e. The predicted molar refractivity (Wildman–Crippen MR) is 79.5 cm³/mol. The monoisotopic (exact) mass is 311 g/mol. The molecule has 0 aromatic heterocycles. The van der Waals surface area contributed by atoms with Crippen LogP contribution in [0.2, 0.25) is 0 Å². The van der Waals surface area contributed by atoms with Gasteiger partial charge in [-0.15, -0.1) is 0 Å². The number of phenols is 1. The van der Waals surface area contributed by atoms with E-state index < -0.39 is 23.0 Å². The van der Waals surface area contributed by atoms with Crippen LogP contribution in [0.15, 0.2) is 12.1 Å². The van der Waals surface area contributed by atoms with Crippen LogP contribution in [0.25, 0.3) is 0 Å². The smallest absolute Gasteiger partial charge is 0.200 e. The Kier molecular flexibility index (Phi) is 3.49. The first kappa shape index (κ1) is 15.7. The fraction of sp³-hybridized carbons (Fsp3) is 0.647.